The predicted octanol–water partition coefficient (Wildman–Crippen LogP) is 1.87. The summed E-state index contributed by atoms with van der Waals surface area (Å²) in [4.78, 5) is 23.8. The van der Waals surface area contributed by atoms with Crippen LogP contribution in [0.15, 0.2) is 11.6 Å². The molecule has 0 radical (unpaired) electrons. The van der Waals surface area contributed by atoms with Gasteiger partial charge in [-0.2, -0.15) is 0 Å². The van der Waals surface area contributed by atoms with E-state index in [2.05, 4.69) is 30.6 Å². The van der Waals surface area contributed by atoms with Crippen LogP contribution in [0.2, 0.25) is 0 Å². The SMILES string of the molecule is CCNC(=O)[C@H](C)NC(=O)[C@H]1[C@H](C=C(C)C)C1(C)C. The third-order valence-corrected chi connectivity index (χ3v) is 3.81. The minimum Gasteiger partial charge on any atom is -0.355 e. The topological polar surface area (TPSA) is 58.2 Å². The minimum atomic E-state index is -0.476. The molecule has 1 saturated carbocycles. The molecular weight excluding hydrogens is 240 g/mol. The molecule has 0 spiro atoms. The van der Waals surface area contributed by atoms with E-state index in [9.17, 15) is 9.59 Å². The fourth-order valence-corrected chi connectivity index (χ4v) is 2.54. The maximum Gasteiger partial charge on any atom is 0.242 e. The number of allylic oxidation sites excluding steroid dienone is 2. The molecule has 0 heterocycles. The van der Waals surface area contributed by atoms with E-state index < -0.39 is 6.04 Å². The van der Waals surface area contributed by atoms with Crippen molar-refractivity contribution in [2.24, 2.45) is 17.3 Å². The third kappa shape index (κ3) is 3.58. The van der Waals surface area contributed by atoms with Crippen LogP contribution in [0.25, 0.3) is 0 Å². The van der Waals surface area contributed by atoms with Crippen molar-refractivity contribution in [1.82, 2.24) is 10.6 Å². The van der Waals surface area contributed by atoms with Crippen molar-refractivity contribution >= 4 is 11.8 Å². The maximum atomic E-state index is 12.2. The van der Waals surface area contributed by atoms with Gasteiger partial charge >= 0.3 is 0 Å². The largest absolute Gasteiger partial charge is 0.355 e. The molecule has 19 heavy (non-hydrogen) atoms. The number of amides is 2. The molecule has 1 rings (SSSR count). The zero-order valence-electron chi connectivity index (χ0n) is 12.8. The molecule has 108 valence electrons. The van der Waals surface area contributed by atoms with Gasteiger partial charge < -0.3 is 10.6 Å². The Bertz CT molecular complexity index is 395. The summed E-state index contributed by atoms with van der Waals surface area (Å²) in [6.45, 7) is 12.4. The van der Waals surface area contributed by atoms with Gasteiger partial charge in [-0.05, 0) is 39.0 Å². The highest BCUT2D eigenvalue weighted by Gasteiger charge is 2.60. The van der Waals surface area contributed by atoms with E-state index in [-0.39, 0.29) is 29.1 Å². The molecule has 2 N–H and O–H groups in total. The molecule has 0 unspecified atom stereocenters. The van der Waals surface area contributed by atoms with Gasteiger partial charge in [-0.15, -0.1) is 0 Å². The van der Waals surface area contributed by atoms with Crippen molar-refractivity contribution in [3.8, 4) is 0 Å². The lowest BCUT2D eigenvalue weighted by atomic mass is 10.1. The summed E-state index contributed by atoms with van der Waals surface area (Å²) < 4.78 is 0. The second-order valence-corrected chi connectivity index (χ2v) is 6.19. The number of nitrogens with one attached hydrogen (secondary N) is 2. The standard InChI is InChI=1S/C15H26N2O2/c1-7-16-13(18)10(4)17-14(19)12-11(8-9(2)3)15(12,5)6/h8,10-12H,7H2,1-6H3,(H,16,18)(H,17,19)/t10-,11-,12+/m0/s1. The van der Waals surface area contributed by atoms with Crippen LogP contribution in [-0.2, 0) is 9.59 Å². The molecule has 0 aromatic carbocycles. The van der Waals surface area contributed by atoms with Crippen molar-refractivity contribution in [1.29, 1.82) is 0 Å². The Morgan fingerprint density at radius 2 is 1.89 bits per heavy atom. The first-order chi connectivity index (χ1) is 8.71. The highest BCUT2D eigenvalue weighted by atomic mass is 16.2. The zero-order chi connectivity index (χ0) is 14.8. The van der Waals surface area contributed by atoms with Crippen LogP contribution in [-0.4, -0.2) is 24.4 Å². The Morgan fingerprint density at radius 3 is 2.37 bits per heavy atom. The van der Waals surface area contributed by atoms with Crippen LogP contribution in [0.5, 0.6) is 0 Å². The summed E-state index contributed by atoms with van der Waals surface area (Å²) in [6, 6.07) is -0.476. The first-order valence-electron chi connectivity index (χ1n) is 6.94. The smallest absolute Gasteiger partial charge is 0.242 e. The first-order valence-corrected chi connectivity index (χ1v) is 6.94. The van der Waals surface area contributed by atoms with Gasteiger partial charge in [0.05, 0.1) is 5.92 Å². The van der Waals surface area contributed by atoms with Gasteiger partial charge in [-0.1, -0.05) is 25.5 Å². The van der Waals surface area contributed by atoms with Crippen LogP contribution in [0.4, 0.5) is 0 Å². The number of hydrogen-bond acceptors (Lipinski definition) is 2. The molecule has 0 saturated heterocycles. The molecule has 1 aliphatic rings. The molecule has 0 aromatic heterocycles. The molecule has 0 aromatic rings. The highest BCUT2D eigenvalue weighted by Crippen LogP contribution is 2.59. The summed E-state index contributed by atoms with van der Waals surface area (Å²) in [5.74, 6) is 0.0949. The summed E-state index contributed by atoms with van der Waals surface area (Å²) in [5.41, 5.74) is 1.22. The molecule has 4 heteroatoms. The molecule has 1 fully saturated rings. The highest BCUT2D eigenvalue weighted by molar-refractivity contribution is 5.90. The van der Waals surface area contributed by atoms with E-state index in [0.29, 0.717) is 6.54 Å². The summed E-state index contributed by atoms with van der Waals surface area (Å²) in [7, 11) is 0. The second kappa shape index (κ2) is 5.76. The fourth-order valence-electron chi connectivity index (χ4n) is 2.54. The third-order valence-electron chi connectivity index (χ3n) is 3.81. The van der Waals surface area contributed by atoms with Crippen molar-refractivity contribution in [3.63, 3.8) is 0 Å². The van der Waals surface area contributed by atoms with Crippen LogP contribution >= 0.6 is 0 Å². The van der Waals surface area contributed by atoms with Crippen molar-refractivity contribution < 1.29 is 9.59 Å². The lowest BCUT2D eigenvalue weighted by Crippen LogP contribution is -2.45. The Kier molecular flexibility index (Phi) is 4.77. The fraction of sp³-hybridized carbons (Fsp3) is 0.733. The van der Waals surface area contributed by atoms with Gasteiger partial charge in [0.2, 0.25) is 11.8 Å². The van der Waals surface area contributed by atoms with Gasteiger partial charge in [0.15, 0.2) is 0 Å². The Hall–Kier alpha value is -1.32. The number of hydrogen-bond donors (Lipinski definition) is 2. The van der Waals surface area contributed by atoms with Crippen LogP contribution in [0, 0.1) is 17.3 Å². The minimum absolute atomic E-state index is 0.0116. The zero-order valence-corrected chi connectivity index (χ0v) is 12.8. The van der Waals surface area contributed by atoms with Crippen molar-refractivity contribution in [2.45, 2.75) is 47.6 Å². The Balaban J connectivity index is 2.61. The molecule has 1 aliphatic carbocycles. The van der Waals surface area contributed by atoms with E-state index in [0.717, 1.165) is 0 Å². The summed E-state index contributed by atoms with van der Waals surface area (Å²) >= 11 is 0. The van der Waals surface area contributed by atoms with Crippen LogP contribution in [0.1, 0.15) is 41.5 Å². The molecule has 0 bridgehead atoms. The van der Waals surface area contributed by atoms with E-state index in [1.165, 1.54) is 5.57 Å². The molecule has 2 amide bonds. The van der Waals surface area contributed by atoms with Crippen molar-refractivity contribution in [3.05, 3.63) is 11.6 Å². The Labute approximate surface area is 116 Å². The van der Waals surface area contributed by atoms with Crippen LogP contribution in [0.3, 0.4) is 0 Å². The number of rotatable bonds is 5. The van der Waals surface area contributed by atoms with E-state index in [1.54, 1.807) is 6.92 Å². The number of likely N-dealkylation sites (N-methyl/N-ethyl adjacent to an activating group) is 1. The number of carbonyl (C=O) groups is 2. The molecule has 4 nitrogen and oxygen atoms in total. The van der Waals surface area contributed by atoms with Gasteiger partial charge in [-0.3, -0.25) is 9.59 Å². The van der Waals surface area contributed by atoms with Gasteiger partial charge in [-0.25, -0.2) is 0 Å². The van der Waals surface area contributed by atoms with E-state index in [4.69, 9.17) is 0 Å². The van der Waals surface area contributed by atoms with Gasteiger partial charge in [0, 0.05) is 6.54 Å². The lowest BCUT2D eigenvalue weighted by Gasteiger charge is -2.13. The monoisotopic (exact) mass is 266 g/mol. The summed E-state index contributed by atoms with van der Waals surface area (Å²) in [6.07, 6.45) is 2.15. The predicted molar refractivity (Wildman–Crippen MR) is 76.5 cm³/mol. The van der Waals surface area contributed by atoms with Crippen molar-refractivity contribution in [2.75, 3.05) is 6.54 Å². The average Bonchev–Trinajstić information content (AvgIpc) is 2.79. The molecule has 0 aliphatic heterocycles. The van der Waals surface area contributed by atoms with Gasteiger partial charge in [0.25, 0.3) is 0 Å². The van der Waals surface area contributed by atoms with E-state index in [1.807, 2.05) is 20.8 Å². The first kappa shape index (κ1) is 15.7. The normalized spacial score (nSPS) is 25.2. The lowest BCUT2D eigenvalue weighted by molar-refractivity contribution is -0.129. The maximum absolute atomic E-state index is 12.2. The molecule has 3 atom stereocenters. The molecular formula is C15H26N2O2. The Morgan fingerprint density at radius 1 is 1.32 bits per heavy atom. The van der Waals surface area contributed by atoms with Crippen LogP contribution < -0.4 is 10.6 Å². The summed E-state index contributed by atoms with van der Waals surface area (Å²) in [5, 5.41) is 5.51. The quantitative estimate of drug-likeness (QED) is 0.746. The second-order valence-electron chi connectivity index (χ2n) is 6.19. The van der Waals surface area contributed by atoms with E-state index >= 15 is 0 Å². The average molecular weight is 266 g/mol. The number of carbonyl (C=O) groups excluding carboxylic acids is 2. The van der Waals surface area contributed by atoms with Gasteiger partial charge in [0.1, 0.15) is 6.04 Å².